The Bertz CT molecular complexity index is 1050. The van der Waals surface area contributed by atoms with Crippen molar-refractivity contribution < 1.29 is 9.34 Å². The smallest absolute Gasteiger partial charge is 0.401 e. The van der Waals surface area contributed by atoms with Crippen LogP contribution < -0.4 is 0 Å². The minimum atomic E-state index is -0.507. The van der Waals surface area contributed by atoms with Crippen LogP contribution in [0.3, 0.4) is 0 Å². The van der Waals surface area contributed by atoms with Gasteiger partial charge in [-0.05, 0) is 55.0 Å². The van der Waals surface area contributed by atoms with Gasteiger partial charge in [0.2, 0.25) is 0 Å². The van der Waals surface area contributed by atoms with Gasteiger partial charge in [0.15, 0.2) is 0 Å². The van der Waals surface area contributed by atoms with E-state index < -0.39 is 4.92 Å². The number of nitro groups is 1. The van der Waals surface area contributed by atoms with Crippen molar-refractivity contribution in [3.63, 3.8) is 0 Å². The summed E-state index contributed by atoms with van der Waals surface area (Å²) >= 11 is 0. The Morgan fingerprint density at radius 3 is 2.39 bits per heavy atom. The van der Waals surface area contributed by atoms with Crippen molar-refractivity contribution in [2.75, 3.05) is 0 Å². The van der Waals surface area contributed by atoms with Crippen molar-refractivity contribution >= 4 is 27.6 Å². The zero-order valence-corrected chi connectivity index (χ0v) is 12.7. The van der Waals surface area contributed by atoms with Crippen LogP contribution in [0.15, 0.2) is 52.9 Å². The van der Waals surface area contributed by atoms with E-state index in [1.807, 2.05) is 18.2 Å². The van der Waals surface area contributed by atoms with E-state index in [1.165, 1.54) is 17.5 Å². The molecule has 2 heterocycles. The summed E-state index contributed by atoms with van der Waals surface area (Å²) in [5.74, 6) is -0.228. The summed E-state index contributed by atoms with van der Waals surface area (Å²) in [6, 6.07) is 15.5. The van der Waals surface area contributed by atoms with Crippen LogP contribution in [0.1, 0.15) is 11.4 Å². The van der Waals surface area contributed by atoms with Crippen molar-refractivity contribution in [2.24, 2.45) is 0 Å². The van der Waals surface area contributed by atoms with Crippen LogP contribution >= 0.6 is 0 Å². The largest absolute Gasteiger partial charge is 0.434 e. The predicted octanol–water partition coefficient (Wildman–Crippen LogP) is 4.90. The zero-order valence-electron chi connectivity index (χ0n) is 12.7. The molecule has 2 aromatic carbocycles. The Morgan fingerprint density at radius 2 is 1.70 bits per heavy atom. The van der Waals surface area contributed by atoms with Crippen molar-refractivity contribution in [1.82, 2.24) is 4.57 Å². The van der Waals surface area contributed by atoms with E-state index in [0.717, 1.165) is 21.8 Å². The number of benzene rings is 2. The van der Waals surface area contributed by atoms with Crippen LogP contribution in [0.5, 0.6) is 0 Å². The summed E-state index contributed by atoms with van der Waals surface area (Å²) in [4.78, 5) is 10.4. The van der Waals surface area contributed by atoms with E-state index in [2.05, 4.69) is 36.6 Å². The molecule has 114 valence electrons. The first kappa shape index (κ1) is 13.6. The van der Waals surface area contributed by atoms with E-state index >= 15 is 0 Å². The first-order chi connectivity index (χ1) is 11.0. The molecule has 0 radical (unpaired) electrons. The normalized spacial score (nSPS) is 11.4. The molecule has 0 N–H and O–H groups in total. The number of rotatable bonds is 2. The van der Waals surface area contributed by atoms with Gasteiger partial charge in [0.1, 0.15) is 10.5 Å². The van der Waals surface area contributed by atoms with Gasteiger partial charge in [-0.3, -0.25) is 10.1 Å². The van der Waals surface area contributed by atoms with Crippen LogP contribution in [0.25, 0.3) is 27.4 Å². The minimum Gasteiger partial charge on any atom is -0.401 e. The Hall–Kier alpha value is -3.08. The zero-order chi connectivity index (χ0) is 16.1. The fourth-order valence-corrected chi connectivity index (χ4v) is 3.13. The number of aryl methyl sites for hydroxylation is 2. The summed E-state index contributed by atoms with van der Waals surface area (Å²) in [5.41, 5.74) is 3.95. The number of hydrogen-bond donors (Lipinski definition) is 0. The topological polar surface area (TPSA) is 61.2 Å². The van der Waals surface area contributed by atoms with Crippen LogP contribution in [-0.4, -0.2) is 9.49 Å². The average Bonchev–Trinajstić information content (AvgIpc) is 3.10. The van der Waals surface area contributed by atoms with Gasteiger partial charge in [-0.2, -0.15) is 0 Å². The van der Waals surface area contributed by atoms with Crippen LogP contribution in [0.4, 0.5) is 5.88 Å². The number of aromatic nitrogens is 1. The third-order valence-electron chi connectivity index (χ3n) is 4.20. The number of fused-ring (bicyclic) bond motifs is 3. The Labute approximate surface area is 131 Å². The fourth-order valence-electron chi connectivity index (χ4n) is 3.13. The van der Waals surface area contributed by atoms with Crippen molar-refractivity contribution in [3.8, 4) is 5.69 Å². The lowest BCUT2D eigenvalue weighted by atomic mass is 10.1. The summed E-state index contributed by atoms with van der Waals surface area (Å²) in [5, 5.41) is 13.6. The first-order valence-corrected chi connectivity index (χ1v) is 7.30. The second kappa shape index (κ2) is 4.71. The third kappa shape index (κ3) is 2.01. The highest BCUT2D eigenvalue weighted by Gasteiger charge is 2.15. The summed E-state index contributed by atoms with van der Waals surface area (Å²) in [6.07, 6.45) is 0. The summed E-state index contributed by atoms with van der Waals surface area (Å²) < 4.78 is 7.46. The SMILES string of the molecule is Cc1ccc(C)n1-c1ccc2c(ccc3oc([N+](=O)[O-])cc32)c1. The molecule has 0 saturated carbocycles. The van der Waals surface area contributed by atoms with E-state index in [0.29, 0.717) is 5.58 Å². The molecule has 5 heteroatoms. The molecular weight excluding hydrogens is 292 g/mol. The molecule has 5 nitrogen and oxygen atoms in total. The lowest BCUT2D eigenvalue weighted by molar-refractivity contribution is -0.401. The first-order valence-electron chi connectivity index (χ1n) is 7.30. The molecule has 0 atom stereocenters. The highest BCUT2D eigenvalue weighted by atomic mass is 16.6. The highest BCUT2D eigenvalue weighted by molar-refractivity contribution is 6.07. The Morgan fingerprint density at radius 1 is 0.957 bits per heavy atom. The molecule has 0 fully saturated rings. The fraction of sp³-hybridized carbons (Fsp3) is 0.111. The average molecular weight is 306 g/mol. The Balaban J connectivity index is 1.97. The number of nitrogens with zero attached hydrogens (tertiary/aromatic N) is 2. The lowest BCUT2D eigenvalue weighted by Crippen LogP contribution is -1.98. The van der Waals surface area contributed by atoms with Gasteiger partial charge in [0, 0.05) is 22.5 Å². The lowest BCUT2D eigenvalue weighted by Gasteiger charge is -2.10. The summed E-state index contributed by atoms with van der Waals surface area (Å²) in [6.45, 7) is 4.14. The minimum absolute atomic E-state index is 0.228. The summed E-state index contributed by atoms with van der Waals surface area (Å²) in [7, 11) is 0. The molecule has 4 aromatic rings. The van der Waals surface area contributed by atoms with Gasteiger partial charge >= 0.3 is 5.88 Å². The highest BCUT2D eigenvalue weighted by Crippen LogP contribution is 2.32. The predicted molar refractivity (Wildman–Crippen MR) is 89.2 cm³/mol. The van der Waals surface area contributed by atoms with Crippen LogP contribution in [0, 0.1) is 24.0 Å². The molecule has 2 aromatic heterocycles. The van der Waals surface area contributed by atoms with Gasteiger partial charge in [-0.1, -0.05) is 12.1 Å². The molecule has 23 heavy (non-hydrogen) atoms. The molecule has 0 aliphatic carbocycles. The van der Waals surface area contributed by atoms with Gasteiger partial charge < -0.3 is 8.98 Å². The molecule has 0 unspecified atom stereocenters. The molecule has 0 bridgehead atoms. The third-order valence-corrected chi connectivity index (χ3v) is 4.20. The molecule has 0 spiro atoms. The standard InChI is InChI=1S/C18H14N2O3/c1-11-3-4-12(2)19(11)14-6-7-15-13(9-14)5-8-17-16(15)10-18(23-17)20(21)22/h3-10H,1-2H3. The maximum Gasteiger partial charge on any atom is 0.434 e. The van der Waals surface area contributed by atoms with Gasteiger partial charge in [0.25, 0.3) is 0 Å². The maximum absolute atomic E-state index is 10.9. The van der Waals surface area contributed by atoms with Crippen molar-refractivity contribution in [3.05, 3.63) is 70.0 Å². The van der Waals surface area contributed by atoms with E-state index in [9.17, 15) is 10.1 Å². The number of furan rings is 1. The molecule has 4 rings (SSSR count). The van der Waals surface area contributed by atoms with Gasteiger partial charge in [0.05, 0.1) is 6.07 Å². The molecule has 0 aliphatic rings. The molecule has 0 aliphatic heterocycles. The van der Waals surface area contributed by atoms with Gasteiger partial charge in [-0.15, -0.1) is 0 Å². The maximum atomic E-state index is 10.9. The van der Waals surface area contributed by atoms with E-state index in [-0.39, 0.29) is 5.88 Å². The molecular formula is C18H14N2O3. The molecule has 0 saturated heterocycles. The van der Waals surface area contributed by atoms with E-state index in [1.54, 1.807) is 6.07 Å². The number of hydrogen-bond acceptors (Lipinski definition) is 3. The van der Waals surface area contributed by atoms with Crippen molar-refractivity contribution in [2.45, 2.75) is 13.8 Å². The molecule has 0 amide bonds. The second-order valence-corrected chi connectivity index (χ2v) is 5.68. The van der Waals surface area contributed by atoms with Crippen LogP contribution in [-0.2, 0) is 0 Å². The second-order valence-electron chi connectivity index (χ2n) is 5.68. The quantitative estimate of drug-likeness (QED) is 0.391. The van der Waals surface area contributed by atoms with E-state index in [4.69, 9.17) is 4.42 Å². The van der Waals surface area contributed by atoms with Crippen molar-refractivity contribution in [1.29, 1.82) is 0 Å². The monoisotopic (exact) mass is 306 g/mol. The van der Waals surface area contributed by atoms with Crippen LogP contribution in [0.2, 0.25) is 0 Å². The Kier molecular flexibility index (Phi) is 2.78. The van der Waals surface area contributed by atoms with Gasteiger partial charge in [-0.25, -0.2) is 0 Å².